The molecule has 2 saturated heterocycles. The Labute approximate surface area is 317 Å². The smallest absolute Gasteiger partial charge is 0.458 e. The molecule has 26 heteroatoms. The maximum atomic E-state index is 13.4. The fourth-order valence-electron chi connectivity index (χ4n) is 5.41. The molecule has 2 aliphatic heterocycles. The van der Waals surface area contributed by atoms with Crippen LogP contribution >= 0.6 is 7.82 Å². The zero-order valence-electron chi connectivity index (χ0n) is 30.3. The summed E-state index contributed by atoms with van der Waals surface area (Å²) in [5.74, 6) is -3.76. The van der Waals surface area contributed by atoms with Crippen LogP contribution in [-0.4, -0.2) is 128 Å². The second kappa shape index (κ2) is 21.9. The number of amides is 1. The van der Waals surface area contributed by atoms with Crippen LogP contribution in [0.1, 0.15) is 33.3 Å². The lowest BCUT2D eigenvalue weighted by atomic mass is 9.97. The number of phosphoric acid groups is 1. The van der Waals surface area contributed by atoms with Crippen molar-refractivity contribution in [3.63, 3.8) is 0 Å². The van der Waals surface area contributed by atoms with Crippen LogP contribution in [0.4, 0.5) is 4.79 Å². The fourth-order valence-corrected chi connectivity index (χ4v) is 6.24. The van der Waals surface area contributed by atoms with Crippen molar-refractivity contribution >= 4 is 37.8 Å². The Kier molecular flexibility index (Phi) is 17.7. The molecule has 0 aliphatic carbocycles. The van der Waals surface area contributed by atoms with Gasteiger partial charge < -0.3 is 53.2 Å². The van der Waals surface area contributed by atoms with Gasteiger partial charge in [-0.3, -0.25) is 28.2 Å². The first-order valence-electron chi connectivity index (χ1n) is 16.5. The van der Waals surface area contributed by atoms with E-state index in [0.717, 1.165) is 33.3 Å². The van der Waals surface area contributed by atoms with E-state index in [4.69, 9.17) is 46.9 Å². The van der Waals surface area contributed by atoms with E-state index in [1.807, 2.05) is 0 Å². The predicted octanol–water partition coefficient (Wildman–Crippen LogP) is 1.59. The van der Waals surface area contributed by atoms with E-state index in [1.54, 1.807) is 30.3 Å². The lowest BCUT2D eigenvalue weighted by molar-refractivity contribution is -0.273. The Morgan fingerprint density at radius 3 is 1.82 bits per heavy atom. The van der Waals surface area contributed by atoms with E-state index in [0.29, 0.717) is 0 Å². The first-order valence-corrected chi connectivity index (χ1v) is 18.0. The molecule has 1 amide bonds. The van der Waals surface area contributed by atoms with Crippen molar-refractivity contribution < 1.29 is 85.5 Å². The quantitative estimate of drug-likeness (QED) is 0.0360. The van der Waals surface area contributed by atoms with Gasteiger partial charge in [-0.1, -0.05) is 40.6 Å². The summed E-state index contributed by atoms with van der Waals surface area (Å²) in [4.78, 5) is 76.3. The van der Waals surface area contributed by atoms with Crippen molar-refractivity contribution in [1.82, 2.24) is 5.32 Å². The van der Waals surface area contributed by atoms with Crippen LogP contribution in [0, 0.1) is 0 Å². The maximum Gasteiger partial charge on any atom is 0.474 e. The Morgan fingerprint density at radius 2 is 1.30 bits per heavy atom. The van der Waals surface area contributed by atoms with Gasteiger partial charge >= 0.3 is 37.8 Å². The first-order chi connectivity index (χ1) is 26.6. The molecule has 1 aromatic carbocycles. The highest BCUT2D eigenvalue weighted by molar-refractivity contribution is 7.47. The Hall–Kier alpha value is -5.06. The van der Waals surface area contributed by atoms with Crippen molar-refractivity contribution in [3.8, 4) is 0 Å². The van der Waals surface area contributed by atoms with Crippen LogP contribution in [0.5, 0.6) is 0 Å². The molecular weight excluding hydrogens is 777 g/mol. The highest BCUT2D eigenvalue weighted by atomic mass is 31.2. The van der Waals surface area contributed by atoms with E-state index < -0.39 is 112 Å². The van der Waals surface area contributed by atoms with Crippen LogP contribution < -0.4 is 5.32 Å². The summed E-state index contributed by atoms with van der Waals surface area (Å²) in [5.41, 5.74) is 19.3. The molecule has 0 radical (unpaired) electrons. The van der Waals surface area contributed by atoms with Gasteiger partial charge in [0.25, 0.3) is 0 Å². The molecule has 2 fully saturated rings. The van der Waals surface area contributed by atoms with Crippen molar-refractivity contribution in [2.24, 2.45) is 10.2 Å². The molecule has 11 atom stereocenters. The maximum absolute atomic E-state index is 13.4. The molecule has 0 bridgehead atoms. The molecular formula is C30H40N7O18P. The minimum atomic E-state index is -5.41. The number of aliphatic hydroxyl groups is 1. The molecule has 1 aromatic rings. The zero-order chi connectivity index (χ0) is 41.4. The van der Waals surface area contributed by atoms with Gasteiger partial charge in [-0.05, 0) is 16.6 Å². The number of carbonyl (C=O) groups is 5. The summed E-state index contributed by atoms with van der Waals surface area (Å²) >= 11 is 0. The van der Waals surface area contributed by atoms with Crippen molar-refractivity contribution in [2.75, 3.05) is 26.4 Å². The van der Waals surface area contributed by atoms with Crippen LogP contribution in [0.2, 0.25) is 0 Å². The number of hydrogen-bond donors (Lipinski definition) is 3. The molecule has 0 saturated carbocycles. The molecule has 3 rings (SSSR count). The lowest BCUT2D eigenvalue weighted by Crippen LogP contribution is -2.61. The van der Waals surface area contributed by atoms with Gasteiger partial charge in [0.1, 0.15) is 30.9 Å². The molecule has 56 heavy (non-hydrogen) atoms. The Balaban J connectivity index is 1.81. The molecule has 0 spiro atoms. The number of aliphatic hydroxyl groups excluding tert-OH is 1. The zero-order valence-corrected chi connectivity index (χ0v) is 31.1. The number of rotatable bonds is 18. The van der Waals surface area contributed by atoms with Crippen molar-refractivity contribution in [1.29, 1.82) is 0 Å². The molecule has 1 unspecified atom stereocenters. The summed E-state index contributed by atoms with van der Waals surface area (Å²) in [7, 11) is -5.41. The summed E-state index contributed by atoms with van der Waals surface area (Å²) in [6, 6.07) is 5.47. The van der Waals surface area contributed by atoms with Gasteiger partial charge in [0.05, 0.1) is 19.8 Å². The van der Waals surface area contributed by atoms with E-state index in [-0.39, 0.29) is 19.8 Å². The summed E-state index contributed by atoms with van der Waals surface area (Å²) < 4.78 is 66.7. The monoisotopic (exact) mass is 817 g/mol. The molecule has 25 nitrogen and oxygen atoms in total. The van der Waals surface area contributed by atoms with Gasteiger partial charge in [0, 0.05) is 44.1 Å². The summed E-state index contributed by atoms with van der Waals surface area (Å²) in [6.07, 6.45) is -14.3. The number of nitrogens with zero attached hydrogens (tertiary/aromatic N) is 6. The number of esters is 4. The molecule has 3 N–H and O–H groups in total. The third-order valence-corrected chi connectivity index (χ3v) is 8.44. The number of azide groups is 2. The third kappa shape index (κ3) is 13.9. The number of carbonyl (C=O) groups excluding carboxylic acids is 5. The highest BCUT2D eigenvalue weighted by Crippen LogP contribution is 2.48. The highest BCUT2D eigenvalue weighted by Gasteiger charge is 2.54. The van der Waals surface area contributed by atoms with Crippen molar-refractivity contribution in [3.05, 3.63) is 56.8 Å². The molecule has 308 valence electrons. The van der Waals surface area contributed by atoms with Crippen LogP contribution in [0.25, 0.3) is 20.9 Å². The van der Waals surface area contributed by atoms with Crippen LogP contribution in [0.15, 0.2) is 40.6 Å². The average molecular weight is 818 g/mol. The van der Waals surface area contributed by atoms with Crippen LogP contribution in [0.3, 0.4) is 0 Å². The minimum Gasteiger partial charge on any atom is -0.458 e. The average Bonchev–Trinajstić information content (AvgIpc) is 3.12. The summed E-state index contributed by atoms with van der Waals surface area (Å²) in [5, 5.41) is 19.4. The van der Waals surface area contributed by atoms with E-state index in [1.165, 1.54) is 0 Å². The largest absolute Gasteiger partial charge is 0.474 e. The molecule has 2 aliphatic rings. The SMILES string of the molecule is CC(=O)O[C@@H]1[C@H](N=[N+]=[N-])[C@@H](OP(=O)(O)OC[C@H]2O[C@H](OCCNC(=O)OCc3ccccc3)[C@@H](N=[N+]=[N-])[C@@H](OC(C)=O)[C@@H]2OC(C)=O)O[C@H](CO)[C@H]1OC(C)=O. The van der Waals surface area contributed by atoms with Crippen molar-refractivity contribution in [2.45, 2.75) is 95.6 Å². The van der Waals surface area contributed by atoms with Crippen LogP contribution in [-0.2, 0) is 77.3 Å². The number of phosphoric ester groups is 1. The second-order valence-electron chi connectivity index (χ2n) is 11.7. The normalized spacial score (nSPS) is 28.1. The minimum absolute atomic E-state index is 0.0252. The third-order valence-electron chi connectivity index (χ3n) is 7.49. The number of nitrogens with one attached hydrogen (secondary N) is 1. The number of benzene rings is 1. The fraction of sp³-hybridized carbons (Fsp3) is 0.633. The van der Waals surface area contributed by atoms with E-state index >= 15 is 0 Å². The Bertz CT molecular complexity index is 1680. The lowest BCUT2D eigenvalue weighted by Gasteiger charge is -2.44. The van der Waals surface area contributed by atoms with Gasteiger partial charge in [-0.25, -0.2) is 9.36 Å². The summed E-state index contributed by atoms with van der Waals surface area (Å²) in [6.45, 7) is 1.47. The molecule has 2 heterocycles. The number of hydrogen-bond acceptors (Lipinski definition) is 19. The predicted molar refractivity (Wildman–Crippen MR) is 180 cm³/mol. The first kappa shape index (κ1) is 45.3. The molecule has 0 aromatic heterocycles. The number of alkyl carbamates (subject to hydrolysis) is 1. The standard InChI is InChI=1S/C30H40N7O18P/c1-15(39)49-24-20(12-38)53-29(23(35-37-32)27(24)52-18(4)42)55-56(44,45)48-14-21-25(50-16(2)40)26(51-17(3)41)22(34-36-31)28(54-21)46-11-10-33-30(43)47-13-19-8-6-5-7-9-19/h5-9,20-29,38H,10-14H2,1-4H3,(H,33,43)(H,44,45)/t20-,21-,22+,23+,24-,25-,26-,27-,28+,29-/m1/s1. The topological polar surface area (TPSA) is 345 Å². The Morgan fingerprint density at radius 1 is 0.804 bits per heavy atom. The van der Waals surface area contributed by atoms with Gasteiger partial charge in [0.15, 0.2) is 37.0 Å². The van der Waals surface area contributed by atoms with E-state index in [9.17, 15) is 49.6 Å². The van der Waals surface area contributed by atoms with Gasteiger partial charge in [-0.15, -0.1) is 0 Å². The second-order valence-corrected chi connectivity index (χ2v) is 13.1. The van der Waals surface area contributed by atoms with Gasteiger partial charge in [-0.2, -0.15) is 0 Å². The van der Waals surface area contributed by atoms with Gasteiger partial charge in [0.2, 0.25) is 0 Å². The number of ether oxygens (including phenoxy) is 8. The van der Waals surface area contributed by atoms with E-state index in [2.05, 4.69) is 25.4 Å².